The van der Waals surface area contributed by atoms with Gasteiger partial charge in [-0.3, -0.25) is 4.18 Å². The molecule has 1 atom stereocenters. The lowest BCUT2D eigenvalue weighted by atomic mass is 10.2. The second-order valence-electron chi connectivity index (χ2n) is 3.80. The Morgan fingerprint density at radius 1 is 1.35 bits per heavy atom. The van der Waals surface area contributed by atoms with Crippen molar-refractivity contribution in [2.45, 2.75) is 37.7 Å². The fourth-order valence-electron chi connectivity index (χ4n) is 1.32. The molecule has 0 unspecified atom stereocenters. The van der Waals surface area contributed by atoms with Crippen molar-refractivity contribution in [3.05, 3.63) is 29.8 Å². The van der Waals surface area contributed by atoms with Crippen LogP contribution in [0.25, 0.3) is 0 Å². The van der Waals surface area contributed by atoms with E-state index in [1.54, 1.807) is 12.1 Å². The molecule has 1 aromatic rings. The molecule has 0 bridgehead atoms. The summed E-state index contributed by atoms with van der Waals surface area (Å²) in [4.78, 5) is 0.165. The minimum atomic E-state index is -3.71. The van der Waals surface area contributed by atoms with E-state index in [4.69, 9.17) is 10.6 Å². The summed E-state index contributed by atoms with van der Waals surface area (Å²) in [5.74, 6) is 2.41. The van der Waals surface area contributed by atoms with E-state index in [0.717, 1.165) is 5.56 Å². The van der Waals surface area contributed by atoms with E-state index in [-0.39, 0.29) is 4.90 Å². The summed E-state index contributed by atoms with van der Waals surface area (Å²) in [6, 6.07) is 6.54. The summed E-state index contributed by atoms with van der Waals surface area (Å²) >= 11 is 0. The highest BCUT2D eigenvalue weighted by Gasteiger charge is 2.19. The standard InChI is InChI=1S/C13H16O3S/c1-4-6-12(5-2)16-17(14,15)13-9-7-11(3)8-10-13/h1,7-10,12H,5-6H2,2-3H3/t12-/m0/s1. The summed E-state index contributed by atoms with van der Waals surface area (Å²) in [7, 11) is -3.71. The molecule has 0 aliphatic rings. The summed E-state index contributed by atoms with van der Waals surface area (Å²) in [5, 5.41) is 0. The van der Waals surface area contributed by atoms with E-state index in [2.05, 4.69) is 5.92 Å². The van der Waals surface area contributed by atoms with E-state index in [9.17, 15) is 8.42 Å². The highest BCUT2D eigenvalue weighted by atomic mass is 32.2. The highest BCUT2D eigenvalue weighted by Crippen LogP contribution is 2.17. The quantitative estimate of drug-likeness (QED) is 0.597. The third-order valence-electron chi connectivity index (χ3n) is 2.37. The Kier molecular flexibility index (Phi) is 4.73. The van der Waals surface area contributed by atoms with Crippen molar-refractivity contribution >= 4 is 10.1 Å². The van der Waals surface area contributed by atoms with Gasteiger partial charge in [0.05, 0.1) is 11.0 Å². The summed E-state index contributed by atoms with van der Waals surface area (Å²) in [6.07, 6.45) is 5.56. The van der Waals surface area contributed by atoms with Gasteiger partial charge in [0.1, 0.15) is 0 Å². The van der Waals surface area contributed by atoms with Crippen LogP contribution in [-0.2, 0) is 14.3 Å². The number of hydrogen-bond donors (Lipinski definition) is 0. The molecule has 0 aromatic heterocycles. The van der Waals surface area contributed by atoms with Crippen molar-refractivity contribution in [3.63, 3.8) is 0 Å². The van der Waals surface area contributed by atoms with Crippen LogP contribution in [0.15, 0.2) is 29.2 Å². The van der Waals surface area contributed by atoms with Crippen LogP contribution in [0.3, 0.4) is 0 Å². The maximum absolute atomic E-state index is 11.9. The molecule has 17 heavy (non-hydrogen) atoms. The Hall–Kier alpha value is -1.31. The number of benzene rings is 1. The molecule has 0 saturated heterocycles. The molecule has 0 N–H and O–H groups in total. The molecule has 92 valence electrons. The van der Waals surface area contributed by atoms with Gasteiger partial charge in [-0.05, 0) is 25.5 Å². The molecule has 0 spiro atoms. The number of hydrogen-bond acceptors (Lipinski definition) is 3. The molecular weight excluding hydrogens is 236 g/mol. The molecular formula is C13H16O3S. The van der Waals surface area contributed by atoms with Gasteiger partial charge < -0.3 is 0 Å². The largest absolute Gasteiger partial charge is 0.297 e. The van der Waals surface area contributed by atoms with Crippen LogP contribution in [0.4, 0.5) is 0 Å². The van der Waals surface area contributed by atoms with Crippen molar-refractivity contribution in [3.8, 4) is 12.3 Å². The number of terminal acetylenes is 1. The van der Waals surface area contributed by atoms with Gasteiger partial charge in [0, 0.05) is 6.42 Å². The minimum Gasteiger partial charge on any atom is -0.262 e. The van der Waals surface area contributed by atoms with Crippen LogP contribution in [0.1, 0.15) is 25.3 Å². The molecule has 1 aromatic carbocycles. The van der Waals surface area contributed by atoms with Gasteiger partial charge >= 0.3 is 0 Å². The smallest absolute Gasteiger partial charge is 0.262 e. The molecule has 0 aliphatic carbocycles. The number of aryl methyl sites for hydroxylation is 1. The van der Waals surface area contributed by atoms with Crippen molar-refractivity contribution in [1.82, 2.24) is 0 Å². The van der Waals surface area contributed by atoms with E-state index in [0.29, 0.717) is 12.8 Å². The van der Waals surface area contributed by atoms with Crippen molar-refractivity contribution in [2.24, 2.45) is 0 Å². The fourth-order valence-corrected chi connectivity index (χ4v) is 2.46. The maximum atomic E-state index is 11.9. The SMILES string of the molecule is C#CC[C@H](CC)OS(=O)(=O)c1ccc(C)cc1. The monoisotopic (exact) mass is 252 g/mol. The summed E-state index contributed by atoms with van der Waals surface area (Å²) in [6.45, 7) is 3.73. The second kappa shape index (κ2) is 5.85. The first-order valence-electron chi connectivity index (χ1n) is 5.43. The molecule has 0 saturated carbocycles. The molecule has 0 radical (unpaired) electrons. The number of rotatable bonds is 5. The average Bonchev–Trinajstić information content (AvgIpc) is 2.28. The van der Waals surface area contributed by atoms with Crippen molar-refractivity contribution < 1.29 is 12.6 Å². The van der Waals surface area contributed by atoms with Crippen LogP contribution in [0, 0.1) is 19.3 Å². The van der Waals surface area contributed by atoms with Crippen molar-refractivity contribution in [1.29, 1.82) is 0 Å². The van der Waals surface area contributed by atoms with Gasteiger partial charge in [-0.1, -0.05) is 24.6 Å². The summed E-state index contributed by atoms with van der Waals surface area (Å²) in [5.41, 5.74) is 1.000. The van der Waals surface area contributed by atoms with Crippen LogP contribution in [0.5, 0.6) is 0 Å². The van der Waals surface area contributed by atoms with E-state index in [1.807, 2.05) is 13.8 Å². The van der Waals surface area contributed by atoms with Gasteiger partial charge in [-0.15, -0.1) is 12.3 Å². The van der Waals surface area contributed by atoms with Gasteiger partial charge in [-0.25, -0.2) is 0 Å². The van der Waals surface area contributed by atoms with Gasteiger partial charge in [0.2, 0.25) is 0 Å². The zero-order valence-electron chi connectivity index (χ0n) is 10.0. The first-order valence-corrected chi connectivity index (χ1v) is 6.84. The lowest BCUT2D eigenvalue weighted by molar-refractivity contribution is 0.210. The fraction of sp³-hybridized carbons (Fsp3) is 0.385. The molecule has 0 aliphatic heterocycles. The van der Waals surface area contributed by atoms with Gasteiger partial charge in [-0.2, -0.15) is 8.42 Å². The highest BCUT2D eigenvalue weighted by molar-refractivity contribution is 7.86. The van der Waals surface area contributed by atoms with E-state index < -0.39 is 16.2 Å². The molecule has 0 fully saturated rings. The predicted octanol–water partition coefficient (Wildman–Crippen LogP) is 2.50. The third kappa shape index (κ3) is 3.88. The summed E-state index contributed by atoms with van der Waals surface area (Å²) < 4.78 is 28.9. The maximum Gasteiger partial charge on any atom is 0.297 e. The van der Waals surface area contributed by atoms with Crippen LogP contribution < -0.4 is 0 Å². The Bertz CT molecular complexity index is 494. The first-order chi connectivity index (χ1) is 7.99. The zero-order valence-corrected chi connectivity index (χ0v) is 10.8. The minimum absolute atomic E-state index is 0.165. The van der Waals surface area contributed by atoms with Crippen LogP contribution >= 0.6 is 0 Å². The zero-order chi connectivity index (χ0) is 12.9. The molecule has 4 heteroatoms. The van der Waals surface area contributed by atoms with Gasteiger partial charge in [0.15, 0.2) is 0 Å². The average molecular weight is 252 g/mol. The predicted molar refractivity (Wildman–Crippen MR) is 67.0 cm³/mol. The van der Waals surface area contributed by atoms with E-state index in [1.165, 1.54) is 12.1 Å². The topological polar surface area (TPSA) is 43.4 Å². The Morgan fingerprint density at radius 2 is 1.94 bits per heavy atom. The van der Waals surface area contributed by atoms with Gasteiger partial charge in [0.25, 0.3) is 10.1 Å². The lowest BCUT2D eigenvalue weighted by Crippen LogP contribution is -2.17. The molecule has 3 nitrogen and oxygen atoms in total. The first kappa shape index (κ1) is 13.8. The molecule has 0 heterocycles. The van der Waals surface area contributed by atoms with E-state index >= 15 is 0 Å². The molecule has 1 rings (SSSR count). The second-order valence-corrected chi connectivity index (χ2v) is 5.37. The van der Waals surface area contributed by atoms with Crippen LogP contribution in [0.2, 0.25) is 0 Å². The molecule has 0 amide bonds. The van der Waals surface area contributed by atoms with Crippen LogP contribution in [-0.4, -0.2) is 14.5 Å². The van der Waals surface area contributed by atoms with Crippen molar-refractivity contribution in [2.75, 3.05) is 0 Å². The lowest BCUT2D eigenvalue weighted by Gasteiger charge is -2.13. The normalized spacial score (nSPS) is 13.0. The Morgan fingerprint density at radius 3 is 2.41 bits per heavy atom. The third-order valence-corrected chi connectivity index (χ3v) is 3.75. The Labute approximate surface area is 103 Å². The Balaban J connectivity index is 2.89.